The van der Waals surface area contributed by atoms with Crippen LogP contribution in [0, 0.1) is 29.0 Å². The largest absolute Gasteiger partial charge is 0.244 e. The summed E-state index contributed by atoms with van der Waals surface area (Å²) in [5.41, 5.74) is -0.404. The molecule has 0 N–H and O–H groups in total. The van der Waals surface area contributed by atoms with Gasteiger partial charge in [-0.2, -0.15) is 9.57 Å². The summed E-state index contributed by atoms with van der Waals surface area (Å²) >= 11 is 0. The second-order valence-corrected chi connectivity index (χ2v) is 7.40. The van der Waals surface area contributed by atoms with Crippen LogP contribution in [0.15, 0.2) is 23.1 Å². The maximum Gasteiger partial charge on any atom is 0.244 e. The van der Waals surface area contributed by atoms with Crippen molar-refractivity contribution in [1.82, 2.24) is 4.31 Å². The molecule has 0 radical (unpaired) electrons. The van der Waals surface area contributed by atoms with Crippen LogP contribution in [-0.4, -0.2) is 25.8 Å². The van der Waals surface area contributed by atoms with Crippen molar-refractivity contribution in [2.24, 2.45) is 11.8 Å². The fraction of sp³-hybridized carbons (Fsp3) is 0.500. The molecule has 0 bridgehead atoms. The first-order chi connectivity index (χ1) is 9.36. The first-order valence-electron chi connectivity index (χ1n) is 6.55. The van der Waals surface area contributed by atoms with Crippen LogP contribution in [0.5, 0.6) is 0 Å². The fourth-order valence-electron chi connectivity index (χ4n) is 2.77. The van der Waals surface area contributed by atoms with Crippen LogP contribution in [0.3, 0.4) is 0 Å². The van der Waals surface area contributed by atoms with Crippen molar-refractivity contribution in [3.63, 3.8) is 0 Å². The Morgan fingerprint density at radius 2 is 1.90 bits per heavy atom. The van der Waals surface area contributed by atoms with Gasteiger partial charge in [-0.15, -0.1) is 0 Å². The number of rotatable bonds is 2. The maximum absolute atomic E-state index is 13.6. The predicted molar refractivity (Wildman–Crippen MR) is 72.8 cm³/mol. The summed E-state index contributed by atoms with van der Waals surface area (Å²) in [5, 5.41) is 8.99. The molecule has 1 aliphatic rings. The first-order valence-corrected chi connectivity index (χ1v) is 7.99. The molecule has 1 saturated heterocycles. The van der Waals surface area contributed by atoms with E-state index in [4.69, 9.17) is 5.26 Å². The normalized spacial score (nSPS) is 24.3. The van der Waals surface area contributed by atoms with E-state index in [0.717, 1.165) is 12.5 Å². The quantitative estimate of drug-likeness (QED) is 0.841. The Kier molecular flexibility index (Phi) is 4.11. The van der Waals surface area contributed by atoms with E-state index in [1.807, 2.05) is 13.8 Å². The lowest BCUT2D eigenvalue weighted by Gasteiger charge is -2.34. The smallest absolute Gasteiger partial charge is 0.207 e. The average molecular weight is 296 g/mol. The van der Waals surface area contributed by atoms with Crippen molar-refractivity contribution >= 4 is 10.0 Å². The molecule has 2 unspecified atom stereocenters. The van der Waals surface area contributed by atoms with Gasteiger partial charge in [-0.1, -0.05) is 19.9 Å². The molecule has 1 aliphatic heterocycles. The van der Waals surface area contributed by atoms with E-state index in [1.54, 1.807) is 6.07 Å². The zero-order valence-electron chi connectivity index (χ0n) is 11.5. The molecule has 20 heavy (non-hydrogen) atoms. The van der Waals surface area contributed by atoms with Crippen LogP contribution in [0.1, 0.15) is 25.8 Å². The minimum Gasteiger partial charge on any atom is -0.207 e. The van der Waals surface area contributed by atoms with Crippen LogP contribution in [-0.2, 0) is 10.0 Å². The molecule has 2 rings (SSSR count). The van der Waals surface area contributed by atoms with Crippen molar-refractivity contribution in [3.05, 3.63) is 29.6 Å². The molecule has 2 atom stereocenters. The lowest BCUT2D eigenvalue weighted by molar-refractivity contribution is 0.222. The summed E-state index contributed by atoms with van der Waals surface area (Å²) < 4.78 is 40.2. The standard InChI is InChI=1S/C14H17FN2O2S/c1-10-6-11(2)9-17(8-10)20(18,19)14-5-3-4-13(15)12(14)7-16/h3-5,10-11H,6,8-9H2,1-2H3. The van der Waals surface area contributed by atoms with E-state index in [1.165, 1.54) is 16.4 Å². The summed E-state index contributed by atoms with van der Waals surface area (Å²) in [7, 11) is -3.82. The molecule has 1 heterocycles. The highest BCUT2D eigenvalue weighted by Crippen LogP contribution is 2.28. The molecule has 108 valence electrons. The zero-order chi connectivity index (χ0) is 14.9. The molecule has 0 amide bonds. The minimum atomic E-state index is -3.82. The van der Waals surface area contributed by atoms with E-state index < -0.39 is 21.4 Å². The molecular formula is C14H17FN2O2S. The lowest BCUT2D eigenvalue weighted by atomic mass is 9.94. The van der Waals surface area contributed by atoms with Crippen molar-refractivity contribution in [2.45, 2.75) is 25.2 Å². The third kappa shape index (κ3) is 2.69. The molecule has 6 heteroatoms. The van der Waals surface area contributed by atoms with Crippen LogP contribution in [0.2, 0.25) is 0 Å². The Labute approximate surface area is 118 Å². The molecule has 1 aromatic carbocycles. The van der Waals surface area contributed by atoms with E-state index in [9.17, 15) is 12.8 Å². The van der Waals surface area contributed by atoms with Gasteiger partial charge in [0.1, 0.15) is 22.3 Å². The van der Waals surface area contributed by atoms with Crippen molar-refractivity contribution in [3.8, 4) is 6.07 Å². The molecular weight excluding hydrogens is 279 g/mol. The molecule has 1 aromatic rings. The van der Waals surface area contributed by atoms with Gasteiger partial charge in [0.05, 0.1) is 0 Å². The topological polar surface area (TPSA) is 61.2 Å². The van der Waals surface area contributed by atoms with Gasteiger partial charge in [0.15, 0.2) is 0 Å². The summed E-state index contributed by atoms with van der Waals surface area (Å²) in [6, 6.07) is 5.36. The third-order valence-corrected chi connectivity index (χ3v) is 5.41. The van der Waals surface area contributed by atoms with Crippen molar-refractivity contribution < 1.29 is 12.8 Å². The highest BCUT2D eigenvalue weighted by molar-refractivity contribution is 7.89. The Bertz CT molecular complexity index is 642. The van der Waals surface area contributed by atoms with Gasteiger partial charge in [-0.05, 0) is 30.4 Å². The summed E-state index contributed by atoms with van der Waals surface area (Å²) in [5.74, 6) is -0.285. The zero-order valence-corrected chi connectivity index (χ0v) is 12.3. The van der Waals surface area contributed by atoms with Crippen LogP contribution >= 0.6 is 0 Å². The van der Waals surface area contributed by atoms with Crippen molar-refractivity contribution in [1.29, 1.82) is 5.26 Å². The molecule has 0 aromatic heterocycles. The number of hydrogen-bond donors (Lipinski definition) is 0. The second-order valence-electron chi connectivity index (χ2n) is 5.49. The summed E-state index contributed by atoms with van der Waals surface area (Å²) in [6.45, 7) is 4.81. The van der Waals surface area contributed by atoms with Gasteiger partial charge in [-0.3, -0.25) is 0 Å². The molecule has 0 spiro atoms. The predicted octanol–water partition coefficient (Wildman–Crippen LogP) is 2.36. The van der Waals surface area contributed by atoms with Gasteiger partial charge in [0, 0.05) is 13.1 Å². The second kappa shape index (κ2) is 5.51. The molecule has 1 fully saturated rings. The maximum atomic E-state index is 13.6. The highest BCUT2D eigenvalue weighted by atomic mass is 32.2. The Morgan fingerprint density at radius 3 is 2.45 bits per heavy atom. The number of nitrogens with zero attached hydrogens (tertiary/aromatic N) is 2. The van der Waals surface area contributed by atoms with E-state index >= 15 is 0 Å². The molecule has 0 saturated carbocycles. The third-order valence-electron chi connectivity index (χ3n) is 3.54. The first kappa shape index (κ1) is 14.9. The lowest BCUT2D eigenvalue weighted by Crippen LogP contribution is -2.42. The van der Waals surface area contributed by atoms with Gasteiger partial charge < -0.3 is 0 Å². The SMILES string of the molecule is CC1CC(C)CN(S(=O)(=O)c2cccc(F)c2C#N)C1. The van der Waals surface area contributed by atoms with Crippen molar-refractivity contribution in [2.75, 3.05) is 13.1 Å². The van der Waals surface area contributed by atoms with Gasteiger partial charge >= 0.3 is 0 Å². The Morgan fingerprint density at radius 1 is 1.30 bits per heavy atom. The van der Waals surface area contributed by atoms with Crippen LogP contribution in [0.25, 0.3) is 0 Å². The van der Waals surface area contributed by atoms with E-state index in [-0.39, 0.29) is 16.7 Å². The minimum absolute atomic E-state index is 0.235. The number of sulfonamides is 1. The van der Waals surface area contributed by atoms with Gasteiger partial charge in [-0.25, -0.2) is 12.8 Å². The highest BCUT2D eigenvalue weighted by Gasteiger charge is 2.33. The number of halogens is 1. The van der Waals surface area contributed by atoms with E-state index in [0.29, 0.717) is 13.1 Å². The Balaban J connectivity index is 2.46. The van der Waals surface area contributed by atoms with Crippen LogP contribution < -0.4 is 0 Å². The van der Waals surface area contributed by atoms with Gasteiger partial charge in [0.25, 0.3) is 0 Å². The molecule has 0 aliphatic carbocycles. The van der Waals surface area contributed by atoms with Crippen LogP contribution in [0.4, 0.5) is 4.39 Å². The molecule has 4 nitrogen and oxygen atoms in total. The van der Waals surface area contributed by atoms with E-state index in [2.05, 4.69) is 0 Å². The number of piperidine rings is 1. The van der Waals surface area contributed by atoms with Gasteiger partial charge in [0.2, 0.25) is 10.0 Å². The number of hydrogen-bond acceptors (Lipinski definition) is 3. The summed E-state index contributed by atoms with van der Waals surface area (Å²) in [4.78, 5) is -0.235. The number of nitriles is 1. The Hall–Kier alpha value is -1.45. The summed E-state index contributed by atoms with van der Waals surface area (Å²) in [6.07, 6.45) is 0.972. The number of benzene rings is 1. The average Bonchev–Trinajstić information content (AvgIpc) is 2.37. The fourth-order valence-corrected chi connectivity index (χ4v) is 4.60. The monoisotopic (exact) mass is 296 g/mol.